The number of nitrogens with two attached hydrogens (primary N) is 1. The molecular formula is C15H22N2O2. The average Bonchev–Trinajstić information content (AvgIpc) is 2.90. The van der Waals surface area contributed by atoms with Gasteiger partial charge in [0.2, 0.25) is 0 Å². The maximum absolute atomic E-state index is 11.8. The van der Waals surface area contributed by atoms with Gasteiger partial charge in [-0.1, -0.05) is 12.8 Å². The molecule has 1 aromatic rings. The number of anilines is 2. The van der Waals surface area contributed by atoms with E-state index in [1.54, 1.807) is 6.07 Å². The van der Waals surface area contributed by atoms with Gasteiger partial charge in [0, 0.05) is 19.3 Å². The summed E-state index contributed by atoms with van der Waals surface area (Å²) in [6.07, 6.45) is 5.22. The highest BCUT2D eigenvalue weighted by Gasteiger charge is 2.20. The summed E-state index contributed by atoms with van der Waals surface area (Å²) in [7, 11) is 3.42. The lowest BCUT2D eigenvalue weighted by molar-refractivity contribution is 0.0601. The van der Waals surface area contributed by atoms with Gasteiger partial charge in [-0.25, -0.2) is 4.79 Å². The second-order valence-electron chi connectivity index (χ2n) is 5.30. The molecule has 0 amide bonds. The third kappa shape index (κ3) is 3.19. The predicted octanol–water partition coefficient (Wildman–Crippen LogP) is 2.68. The first-order chi connectivity index (χ1) is 9.11. The summed E-state index contributed by atoms with van der Waals surface area (Å²) in [5, 5.41) is 0. The standard InChI is InChI=1S/C15H22N2O2/c1-17(10-11-5-3-4-6-11)14-8-7-12(16)9-13(14)15(18)19-2/h7-9,11H,3-6,10,16H2,1-2H3. The van der Waals surface area contributed by atoms with E-state index in [-0.39, 0.29) is 5.97 Å². The van der Waals surface area contributed by atoms with Crippen LogP contribution in [0.2, 0.25) is 0 Å². The number of carbonyl (C=O) groups excluding carboxylic acids is 1. The minimum atomic E-state index is -0.333. The summed E-state index contributed by atoms with van der Waals surface area (Å²) < 4.78 is 4.83. The molecular weight excluding hydrogens is 240 g/mol. The van der Waals surface area contributed by atoms with Gasteiger partial charge in [0.05, 0.1) is 18.4 Å². The summed E-state index contributed by atoms with van der Waals surface area (Å²) in [4.78, 5) is 14.0. The molecule has 104 valence electrons. The Hall–Kier alpha value is -1.71. The minimum Gasteiger partial charge on any atom is -0.465 e. The van der Waals surface area contributed by atoms with Gasteiger partial charge >= 0.3 is 5.97 Å². The van der Waals surface area contributed by atoms with Gasteiger partial charge in [-0.15, -0.1) is 0 Å². The normalized spacial score (nSPS) is 15.5. The Kier molecular flexibility index (Phi) is 4.30. The Morgan fingerprint density at radius 2 is 2.11 bits per heavy atom. The van der Waals surface area contributed by atoms with E-state index in [0.717, 1.165) is 18.2 Å². The van der Waals surface area contributed by atoms with Gasteiger partial charge in [-0.3, -0.25) is 0 Å². The van der Waals surface area contributed by atoms with Crippen molar-refractivity contribution in [1.82, 2.24) is 0 Å². The summed E-state index contributed by atoms with van der Waals surface area (Å²) in [6.45, 7) is 0.980. The first-order valence-electron chi connectivity index (χ1n) is 6.80. The molecule has 1 fully saturated rings. The highest BCUT2D eigenvalue weighted by Crippen LogP contribution is 2.29. The molecule has 0 heterocycles. The molecule has 0 unspecified atom stereocenters. The molecule has 1 saturated carbocycles. The molecule has 1 aromatic carbocycles. The first-order valence-corrected chi connectivity index (χ1v) is 6.80. The zero-order valence-electron chi connectivity index (χ0n) is 11.7. The van der Waals surface area contributed by atoms with Crippen LogP contribution in [-0.4, -0.2) is 26.7 Å². The Bertz CT molecular complexity index is 453. The first kappa shape index (κ1) is 13.7. The van der Waals surface area contributed by atoms with Crippen LogP contribution in [0.15, 0.2) is 18.2 Å². The molecule has 0 saturated heterocycles. The third-order valence-electron chi connectivity index (χ3n) is 3.84. The third-order valence-corrected chi connectivity index (χ3v) is 3.84. The average molecular weight is 262 g/mol. The van der Waals surface area contributed by atoms with Crippen LogP contribution in [0, 0.1) is 5.92 Å². The largest absolute Gasteiger partial charge is 0.465 e. The molecule has 0 aliphatic heterocycles. The SMILES string of the molecule is COC(=O)c1cc(N)ccc1N(C)CC1CCCC1. The molecule has 0 aromatic heterocycles. The second-order valence-corrected chi connectivity index (χ2v) is 5.30. The molecule has 0 bridgehead atoms. The molecule has 19 heavy (non-hydrogen) atoms. The van der Waals surface area contributed by atoms with Crippen LogP contribution in [0.25, 0.3) is 0 Å². The molecule has 0 atom stereocenters. The number of rotatable bonds is 4. The van der Waals surface area contributed by atoms with Gasteiger partial charge in [-0.05, 0) is 37.0 Å². The molecule has 4 nitrogen and oxygen atoms in total. The van der Waals surface area contributed by atoms with Crippen molar-refractivity contribution in [2.24, 2.45) is 5.92 Å². The van der Waals surface area contributed by atoms with Crippen molar-refractivity contribution >= 4 is 17.3 Å². The Labute approximate surface area is 114 Å². The van der Waals surface area contributed by atoms with E-state index in [4.69, 9.17) is 10.5 Å². The van der Waals surface area contributed by atoms with E-state index >= 15 is 0 Å². The molecule has 0 spiro atoms. The number of esters is 1. The van der Waals surface area contributed by atoms with E-state index in [9.17, 15) is 4.79 Å². The molecule has 2 N–H and O–H groups in total. The van der Waals surface area contributed by atoms with Gasteiger partial charge in [0.15, 0.2) is 0 Å². The van der Waals surface area contributed by atoms with Crippen LogP contribution < -0.4 is 10.6 Å². The summed E-state index contributed by atoms with van der Waals surface area (Å²) in [5.74, 6) is 0.397. The molecule has 1 aliphatic carbocycles. The number of hydrogen-bond acceptors (Lipinski definition) is 4. The molecule has 1 aliphatic rings. The number of carbonyl (C=O) groups is 1. The van der Waals surface area contributed by atoms with Crippen LogP contribution in [-0.2, 0) is 4.74 Å². The Balaban J connectivity index is 2.19. The molecule has 0 radical (unpaired) electrons. The van der Waals surface area contributed by atoms with Gasteiger partial charge in [0.1, 0.15) is 0 Å². The fraction of sp³-hybridized carbons (Fsp3) is 0.533. The smallest absolute Gasteiger partial charge is 0.340 e. The number of benzene rings is 1. The van der Waals surface area contributed by atoms with Crippen molar-refractivity contribution in [3.8, 4) is 0 Å². The van der Waals surface area contributed by atoms with Crippen LogP contribution >= 0.6 is 0 Å². The van der Waals surface area contributed by atoms with Crippen molar-refractivity contribution in [2.45, 2.75) is 25.7 Å². The Morgan fingerprint density at radius 1 is 1.42 bits per heavy atom. The van der Waals surface area contributed by atoms with Crippen molar-refractivity contribution in [1.29, 1.82) is 0 Å². The van der Waals surface area contributed by atoms with E-state index in [1.165, 1.54) is 32.8 Å². The van der Waals surface area contributed by atoms with E-state index in [2.05, 4.69) is 4.90 Å². The highest BCUT2D eigenvalue weighted by atomic mass is 16.5. The second kappa shape index (κ2) is 5.95. The van der Waals surface area contributed by atoms with E-state index in [0.29, 0.717) is 11.3 Å². The van der Waals surface area contributed by atoms with Gasteiger partial charge < -0.3 is 15.4 Å². The van der Waals surface area contributed by atoms with Crippen LogP contribution in [0.4, 0.5) is 11.4 Å². The lowest BCUT2D eigenvalue weighted by Gasteiger charge is -2.25. The van der Waals surface area contributed by atoms with Crippen molar-refractivity contribution in [2.75, 3.05) is 31.3 Å². The topological polar surface area (TPSA) is 55.6 Å². The number of hydrogen-bond donors (Lipinski definition) is 1. The number of nitrogen functional groups attached to an aromatic ring is 1. The molecule has 4 heteroatoms. The van der Waals surface area contributed by atoms with E-state index < -0.39 is 0 Å². The number of ether oxygens (including phenoxy) is 1. The summed E-state index contributed by atoms with van der Waals surface area (Å²) in [5.41, 5.74) is 7.78. The van der Waals surface area contributed by atoms with Crippen LogP contribution in [0.1, 0.15) is 36.0 Å². The van der Waals surface area contributed by atoms with Crippen LogP contribution in [0.5, 0.6) is 0 Å². The maximum atomic E-state index is 11.8. The summed E-state index contributed by atoms with van der Waals surface area (Å²) in [6, 6.07) is 5.41. The lowest BCUT2D eigenvalue weighted by atomic mass is 10.1. The van der Waals surface area contributed by atoms with Gasteiger partial charge in [-0.2, -0.15) is 0 Å². The van der Waals surface area contributed by atoms with Crippen LogP contribution in [0.3, 0.4) is 0 Å². The van der Waals surface area contributed by atoms with E-state index in [1.807, 2.05) is 19.2 Å². The summed E-state index contributed by atoms with van der Waals surface area (Å²) >= 11 is 0. The monoisotopic (exact) mass is 262 g/mol. The number of nitrogens with zero attached hydrogens (tertiary/aromatic N) is 1. The fourth-order valence-corrected chi connectivity index (χ4v) is 2.84. The fourth-order valence-electron chi connectivity index (χ4n) is 2.84. The van der Waals surface area contributed by atoms with Crippen molar-refractivity contribution < 1.29 is 9.53 Å². The Morgan fingerprint density at radius 3 is 2.74 bits per heavy atom. The zero-order valence-corrected chi connectivity index (χ0v) is 11.7. The molecule has 2 rings (SSSR count). The maximum Gasteiger partial charge on any atom is 0.340 e. The lowest BCUT2D eigenvalue weighted by Crippen LogP contribution is -2.26. The van der Waals surface area contributed by atoms with Gasteiger partial charge in [0.25, 0.3) is 0 Å². The minimum absolute atomic E-state index is 0.333. The zero-order chi connectivity index (χ0) is 13.8. The van der Waals surface area contributed by atoms with Crippen molar-refractivity contribution in [3.63, 3.8) is 0 Å². The quantitative estimate of drug-likeness (QED) is 0.669. The highest BCUT2D eigenvalue weighted by molar-refractivity contribution is 5.96. The predicted molar refractivity (Wildman–Crippen MR) is 77.4 cm³/mol. The number of methoxy groups -OCH3 is 1. The van der Waals surface area contributed by atoms with Crippen molar-refractivity contribution in [3.05, 3.63) is 23.8 Å².